The molecule has 98 valence electrons. The van der Waals surface area contributed by atoms with Gasteiger partial charge in [-0.05, 0) is 25.5 Å². The van der Waals surface area contributed by atoms with E-state index in [0.717, 1.165) is 17.8 Å². The van der Waals surface area contributed by atoms with Crippen LogP contribution in [0.3, 0.4) is 0 Å². The molecule has 1 aliphatic rings. The van der Waals surface area contributed by atoms with Gasteiger partial charge in [-0.3, -0.25) is 4.79 Å². The summed E-state index contributed by atoms with van der Waals surface area (Å²) in [5.74, 6) is 0.123. The summed E-state index contributed by atoms with van der Waals surface area (Å²) in [4.78, 5) is 12.9. The Kier molecular flexibility index (Phi) is 2.81. The van der Waals surface area contributed by atoms with Crippen LogP contribution in [0.5, 0.6) is 0 Å². The third-order valence-electron chi connectivity index (χ3n) is 3.44. The third kappa shape index (κ3) is 2.50. The second-order valence-electron chi connectivity index (χ2n) is 5.25. The Morgan fingerprint density at radius 1 is 1.37 bits per heavy atom. The van der Waals surface area contributed by atoms with Crippen molar-refractivity contribution < 1.29 is 4.79 Å². The summed E-state index contributed by atoms with van der Waals surface area (Å²) < 4.78 is 0. The topological polar surface area (TPSA) is 59.8 Å². The summed E-state index contributed by atoms with van der Waals surface area (Å²) in [6.45, 7) is 2.05. The first kappa shape index (κ1) is 11.9. The number of hydrogen-bond donors (Lipinski definition) is 1. The number of amides is 1. The van der Waals surface area contributed by atoms with Crippen LogP contribution in [0.2, 0.25) is 0 Å². The van der Waals surface area contributed by atoms with Crippen molar-refractivity contribution in [2.45, 2.75) is 31.7 Å². The number of hydrogen-bond acceptors (Lipinski definition) is 3. The average Bonchev–Trinajstić information content (AvgIpc) is 2.98. The van der Waals surface area contributed by atoms with E-state index >= 15 is 0 Å². The summed E-state index contributed by atoms with van der Waals surface area (Å²) >= 11 is 0. The fourth-order valence-corrected chi connectivity index (χ4v) is 2.44. The summed E-state index contributed by atoms with van der Waals surface area (Å²) in [5, 5.41) is 11.8. The molecule has 3 rings (SSSR count). The van der Waals surface area contributed by atoms with E-state index in [1.807, 2.05) is 30.3 Å². The first-order valence-corrected chi connectivity index (χ1v) is 6.42. The van der Waals surface area contributed by atoms with Crippen molar-refractivity contribution >= 4 is 5.91 Å². The molecule has 1 aromatic heterocycles. The van der Waals surface area contributed by atoms with E-state index in [4.69, 9.17) is 0 Å². The quantitative estimate of drug-likeness (QED) is 0.904. The predicted octanol–water partition coefficient (Wildman–Crippen LogP) is 1.48. The smallest absolute Gasteiger partial charge is 0.220 e. The molecule has 0 spiro atoms. The van der Waals surface area contributed by atoms with Gasteiger partial charge in [-0.1, -0.05) is 18.2 Å². The van der Waals surface area contributed by atoms with Crippen LogP contribution in [0.25, 0.3) is 5.69 Å². The van der Waals surface area contributed by atoms with Crippen molar-refractivity contribution in [1.82, 2.24) is 20.3 Å². The van der Waals surface area contributed by atoms with Crippen LogP contribution in [-0.2, 0) is 11.2 Å². The van der Waals surface area contributed by atoms with Gasteiger partial charge in [0.1, 0.15) is 0 Å². The lowest BCUT2D eigenvalue weighted by Gasteiger charge is -2.22. The number of carbonyl (C=O) groups excluding carboxylic acids is 1. The molecular weight excluding hydrogens is 240 g/mol. The van der Waals surface area contributed by atoms with E-state index in [-0.39, 0.29) is 11.4 Å². The van der Waals surface area contributed by atoms with Gasteiger partial charge >= 0.3 is 0 Å². The van der Waals surface area contributed by atoms with E-state index in [9.17, 15) is 4.79 Å². The molecule has 0 saturated carbocycles. The van der Waals surface area contributed by atoms with E-state index in [2.05, 4.69) is 22.4 Å². The first-order chi connectivity index (χ1) is 9.15. The Hall–Kier alpha value is -2.17. The highest BCUT2D eigenvalue weighted by Crippen LogP contribution is 2.23. The van der Waals surface area contributed by atoms with E-state index < -0.39 is 0 Å². The number of benzene rings is 1. The highest BCUT2D eigenvalue weighted by atomic mass is 16.2. The van der Waals surface area contributed by atoms with Crippen molar-refractivity contribution in [3.8, 4) is 5.69 Å². The Bertz CT molecular complexity index is 593. The van der Waals surface area contributed by atoms with Crippen molar-refractivity contribution in [3.05, 3.63) is 42.2 Å². The molecule has 1 atom stereocenters. The SMILES string of the molecule is CC1(Cc2cnn(-c3ccccc3)n2)CCC(=O)N1. The molecule has 19 heavy (non-hydrogen) atoms. The summed E-state index contributed by atoms with van der Waals surface area (Å²) in [6.07, 6.45) is 3.93. The zero-order chi connectivity index (χ0) is 13.3. The van der Waals surface area contributed by atoms with Gasteiger partial charge in [0.2, 0.25) is 5.91 Å². The van der Waals surface area contributed by atoms with E-state index in [1.165, 1.54) is 0 Å². The van der Waals surface area contributed by atoms with Gasteiger partial charge in [0.25, 0.3) is 0 Å². The number of para-hydroxylation sites is 1. The molecule has 0 radical (unpaired) electrons. The minimum absolute atomic E-state index is 0.123. The molecule has 5 nitrogen and oxygen atoms in total. The van der Waals surface area contributed by atoms with E-state index in [1.54, 1.807) is 11.0 Å². The molecule has 5 heteroatoms. The molecule has 0 aliphatic carbocycles. The van der Waals surface area contributed by atoms with Crippen LogP contribution < -0.4 is 5.32 Å². The zero-order valence-corrected chi connectivity index (χ0v) is 10.8. The second kappa shape index (κ2) is 4.50. The average molecular weight is 256 g/mol. The molecule has 2 heterocycles. The third-order valence-corrected chi connectivity index (χ3v) is 3.44. The highest BCUT2D eigenvalue weighted by molar-refractivity contribution is 5.79. The van der Waals surface area contributed by atoms with Crippen LogP contribution in [0.15, 0.2) is 36.5 Å². The van der Waals surface area contributed by atoms with Crippen LogP contribution in [0.4, 0.5) is 0 Å². The Labute approximate surface area is 111 Å². The lowest BCUT2D eigenvalue weighted by Crippen LogP contribution is -2.40. The Morgan fingerprint density at radius 2 is 2.16 bits per heavy atom. The van der Waals surface area contributed by atoms with Crippen molar-refractivity contribution in [1.29, 1.82) is 0 Å². The van der Waals surface area contributed by atoms with Crippen LogP contribution >= 0.6 is 0 Å². The zero-order valence-electron chi connectivity index (χ0n) is 10.8. The molecule has 1 N–H and O–H groups in total. The van der Waals surface area contributed by atoms with Gasteiger partial charge in [0.15, 0.2) is 0 Å². The number of rotatable bonds is 3. The van der Waals surface area contributed by atoms with E-state index in [0.29, 0.717) is 12.8 Å². The van der Waals surface area contributed by atoms with Gasteiger partial charge in [-0.25, -0.2) is 0 Å². The van der Waals surface area contributed by atoms with Crippen LogP contribution in [0.1, 0.15) is 25.5 Å². The maximum absolute atomic E-state index is 11.3. The van der Waals surface area contributed by atoms with Crippen molar-refractivity contribution in [3.63, 3.8) is 0 Å². The minimum atomic E-state index is -0.186. The number of nitrogens with one attached hydrogen (secondary N) is 1. The number of nitrogens with zero attached hydrogens (tertiary/aromatic N) is 3. The predicted molar refractivity (Wildman–Crippen MR) is 70.8 cm³/mol. The highest BCUT2D eigenvalue weighted by Gasteiger charge is 2.33. The number of aromatic nitrogens is 3. The van der Waals surface area contributed by atoms with Crippen LogP contribution in [0, 0.1) is 0 Å². The standard InChI is InChI=1S/C14H16N4O/c1-14(8-7-13(19)16-14)9-11-10-15-18(17-11)12-5-3-2-4-6-12/h2-6,10H,7-9H2,1H3,(H,16,19). The lowest BCUT2D eigenvalue weighted by atomic mass is 9.94. The Morgan fingerprint density at radius 3 is 2.84 bits per heavy atom. The molecule has 0 bridgehead atoms. The number of carbonyl (C=O) groups is 1. The van der Waals surface area contributed by atoms with Gasteiger partial charge in [0, 0.05) is 18.4 Å². The lowest BCUT2D eigenvalue weighted by molar-refractivity contribution is -0.119. The fraction of sp³-hybridized carbons (Fsp3) is 0.357. The van der Waals surface area contributed by atoms with Crippen molar-refractivity contribution in [2.24, 2.45) is 0 Å². The van der Waals surface area contributed by atoms with Gasteiger partial charge in [-0.2, -0.15) is 15.0 Å². The minimum Gasteiger partial charge on any atom is -0.351 e. The summed E-state index contributed by atoms with van der Waals surface area (Å²) in [5.41, 5.74) is 1.65. The molecule has 1 fully saturated rings. The second-order valence-corrected chi connectivity index (χ2v) is 5.25. The van der Waals surface area contributed by atoms with Gasteiger partial charge in [0.05, 0.1) is 17.6 Å². The largest absolute Gasteiger partial charge is 0.351 e. The van der Waals surface area contributed by atoms with Crippen LogP contribution in [-0.4, -0.2) is 26.4 Å². The van der Waals surface area contributed by atoms with Crippen molar-refractivity contribution in [2.75, 3.05) is 0 Å². The normalized spacial score (nSPS) is 22.5. The first-order valence-electron chi connectivity index (χ1n) is 6.42. The maximum Gasteiger partial charge on any atom is 0.220 e. The monoisotopic (exact) mass is 256 g/mol. The summed E-state index contributed by atoms with van der Waals surface area (Å²) in [6, 6.07) is 9.79. The Balaban J connectivity index is 1.77. The molecule has 1 saturated heterocycles. The molecule has 1 aliphatic heterocycles. The molecular formula is C14H16N4O. The molecule has 2 aromatic rings. The molecule has 1 aromatic carbocycles. The summed E-state index contributed by atoms with van der Waals surface area (Å²) in [7, 11) is 0. The van der Waals surface area contributed by atoms with Gasteiger partial charge in [-0.15, -0.1) is 0 Å². The fourth-order valence-electron chi connectivity index (χ4n) is 2.44. The molecule has 1 amide bonds. The maximum atomic E-state index is 11.3. The van der Waals surface area contributed by atoms with Gasteiger partial charge < -0.3 is 5.32 Å². The molecule has 1 unspecified atom stereocenters.